The van der Waals surface area contributed by atoms with Gasteiger partial charge in [-0.2, -0.15) is 0 Å². The van der Waals surface area contributed by atoms with Crippen LogP contribution in [0.3, 0.4) is 0 Å². The van der Waals surface area contributed by atoms with Crippen LogP contribution >= 0.6 is 0 Å². The Kier molecular flexibility index (Phi) is 6.09. The zero-order valence-corrected chi connectivity index (χ0v) is 15.8. The minimum atomic E-state index is -1.06. The van der Waals surface area contributed by atoms with E-state index in [1.54, 1.807) is 0 Å². The number of carbonyl (C=O) groups is 6. The van der Waals surface area contributed by atoms with Crippen molar-refractivity contribution in [3.8, 4) is 5.75 Å². The molecule has 1 atom stereocenters. The number of aliphatic carboxylic acids is 1. The largest absolute Gasteiger partial charge is 0.484 e. The highest BCUT2D eigenvalue weighted by atomic mass is 16.5. The summed E-state index contributed by atoms with van der Waals surface area (Å²) in [6, 6.07) is 3.06. The molecule has 2 aliphatic rings. The average Bonchev–Trinajstić information content (AvgIpc) is 2.94. The summed E-state index contributed by atoms with van der Waals surface area (Å²) in [6.45, 7) is -0.169. The molecule has 11 nitrogen and oxygen atoms in total. The van der Waals surface area contributed by atoms with E-state index in [0.717, 1.165) is 4.90 Å². The third-order valence-electron chi connectivity index (χ3n) is 4.67. The number of nitrogens with one attached hydrogen (secondary N) is 2. The molecular formula is C19H19N3O8. The first kappa shape index (κ1) is 21.0. The number of hydrogen-bond acceptors (Lipinski definition) is 7. The first-order chi connectivity index (χ1) is 14.3. The number of carboxylic acids is 1. The number of piperidine rings is 1. The molecule has 0 aliphatic carbocycles. The smallest absolute Gasteiger partial charge is 0.303 e. The van der Waals surface area contributed by atoms with Crippen LogP contribution < -0.4 is 15.4 Å². The Hall–Kier alpha value is -3.76. The summed E-state index contributed by atoms with van der Waals surface area (Å²) in [4.78, 5) is 71.7. The van der Waals surface area contributed by atoms with Crippen molar-refractivity contribution in [3.63, 3.8) is 0 Å². The molecule has 1 aromatic rings. The van der Waals surface area contributed by atoms with Gasteiger partial charge in [0.25, 0.3) is 17.7 Å². The molecule has 0 aromatic heterocycles. The Morgan fingerprint density at radius 3 is 2.60 bits per heavy atom. The number of benzene rings is 1. The lowest BCUT2D eigenvalue weighted by Crippen LogP contribution is -2.54. The van der Waals surface area contributed by atoms with E-state index in [2.05, 4.69) is 10.6 Å². The molecule has 5 amide bonds. The summed E-state index contributed by atoms with van der Waals surface area (Å²) in [5.74, 6) is -3.69. The van der Waals surface area contributed by atoms with Gasteiger partial charge in [-0.05, 0) is 31.0 Å². The predicted octanol–water partition coefficient (Wildman–Crippen LogP) is -0.552. The molecule has 2 aliphatic heterocycles. The van der Waals surface area contributed by atoms with Crippen molar-refractivity contribution in [2.45, 2.75) is 31.7 Å². The molecule has 30 heavy (non-hydrogen) atoms. The minimum Gasteiger partial charge on any atom is -0.484 e. The molecule has 0 radical (unpaired) electrons. The molecule has 1 saturated heterocycles. The number of hydrogen-bond donors (Lipinski definition) is 3. The monoisotopic (exact) mass is 417 g/mol. The number of carbonyl (C=O) groups excluding carboxylic acids is 5. The predicted molar refractivity (Wildman–Crippen MR) is 98.5 cm³/mol. The molecule has 1 aromatic carbocycles. The first-order valence-electron chi connectivity index (χ1n) is 9.25. The van der Waals surface area contributed by atoms with Crippen molar-refractivity contribution in [2.75, 3.05) is 13.2 Å². The van der Waals surface area contributed by atoms with E-state index >= 15 is 0 Å². The number of fused-ring (bicyclic) bond motifs is 1. The van der Waals surface area contributed by atoms with Gasteiger partial charge in [0, 0.05) is 19.4 Å². The molecule has 158 valence electrons. The number of nitrogens with zero attached hydrogens (tertiary/aromatic N) is 1. The molecule has 2 heterocycles. The van der Waals surface area contributed by atoms with Crippen LogP contribution in [0.15, 0.2) is 18.2 Å². The van der Waals surface area contributed by atoms with Crippen molar-refractivity contribution in [3.05, 3.63) is 29.3 Å². The van der Waals surface area contributed by atoms with E-state index in [0.29, 0.717) is 0 Å². The van der Waals surface area contributed by atoms with Gasteiger partial charge in [-0.3, -0.25) is 39.0 Å². The van der Waals surface area contributed by atoms with E-state index in [1.165, 1.54) is 18.2 Å². The molecule has 3 rings (SSSR count). The van der Waals surface area contributed by atoms with E-state index < -0.39 is 41.5 Å². The van der Waals surface area contributed by atoms with Crippen molar-refractivity contribution in [1.82, 2.24) is 15.5 Å². The van der Waals surface area contributed by atoms with Gasteiger partial charge in [0.2, 0.25) is 11.8 Å². The summed E-state index contributed by atoms with van der Waals surface area (Å²) in [5, 5.41) is 13.2. The zero-order valence-electron chi connectivity index (χ0n) is 15.8. The van der Waals surface area contributed by atoms with Gasteiger partial charge in [0.05, 0.1) is 11.1 Å². The van der Waals surface area contributed by atoms with Crippen LogP contribution in [0.5, 0.6) is 5.75 Å². The van der Waals surface area contributed by atoms with Crippen molar-refractivity contribution in [2.24, 2.45) is 0 Å². The number of ether oxygens (including phenoxy) is 1. The second kappa shape index (κ2) is 8.72. The van der Waals surface area contributed by atoms with Gasteiger partial charge >= 0.3 is 5.97 Å². The van der Waals surface area contributed by atoms with Crippen LogP contribution in [0.4, 0.5) is 0 Å². The molecule has 3 N–H and O–H groups in total. The van der Waals surface area contributed by atoms with Crippen LogP contribution in [-0.4, -0.2) is 64.7 Å². The van der Waals surface area contributed by atoms with Crippen LogP contribution in [0.25, 0.3) is 0 Å². The minimum absolute atomic E-state index is 0.0275. The Bertz CT molecular complexity index is 942. The Balaban J connectivity index is 1.61. The van der Waals surface area contributed by atoms with Gasteiger partial charge in [-0.1, -0.05) is 0 Å². The van der Waals surface area contributed by atoms with E-state index in [4.69, 9.17) is 9.84 Å². The molecule has 0 bridgehead atoms. The van der Waals surface area contributed by atoms with Gasteiger partial charge < -0.3 is 15.2 Å². The highest BCUT2D eigenvalue weighted by molar-refractivity contribution is 6.23. The first-order valence-corrected chi connectivity index (χ1v) is 9.25. The summed E-state index contributed by atoms with van der Waals surface area (Å²) in [5.41, 5.74) is 0.152. The van der Waals surface area contributed by atoms with Crippen LogP contribution in [0.2, 0.25) is 0 Å². The van der Waals surface area contributed by atoms with Crippen molar-refractivity contribution >= 4 is 35.5 Å². The highest BCUT2D eigenvalue weighted by Gasteiger charge is 2.44. The summed E-state index contributed by atoms with van der Waals surface area (Å²) >= 11 is 0. The van der Waals surface area contributed by atoms with Gasteiger partial charge in [0.1, 0.15) is 11.8 Å². The molecule has 0 spiro atoms. The normalized spacial score (nSPS) is 18.1. The van der Waals surface area contributed by atoms with Crippen molar-refractivity contribution < 1.29 is 38.6 Å². The van der Waals surface area contributed by atoms with E-state index in [1.807, 2.05) is 0 Å². The Morgan fingerprint density at radius 2 is 1.90 bits per heavy atom. The van der Waals surface area contributed by atoms with Gasteiger partial charge in [0.15, 0.2) is 6.61 Å². The second-order valence-corrected chi connectivity index (χ2v) is 6.79. The highest BCUT2D eigenvalue weighted by Crippen LogP contribution is 2.30. The van der Waals surface area contributed by atoms with E-state index in [9.17, 15) is 28.8 Å². The number of rotatable bonds is 8. The van der Waals surface area contributed by atoms with Crippen LogP contribution in [-0.2, 0) is 19.2 Å². The fraction of sp³-hybridized carbons (Fsp3) is 0.368. The fourth-order valence-electron chi connectivity index (χ4n) is 3.21. The summed E-state index contributed by atoms with van der Waals surface area (Å²) in [6.07, 6.45) is 0.305. The molecular weight excluding hydrogens is 398 g/mol. The van der Waals surface area contributed by atoms with E-state index in [-0.39, 0.29) is 55.7 Å². The fourth-order valence-corrected chi connectivity index (χ4v) is 3.21. The van der Waals surface area contributed by atoms with Crippen molar-refractivity contribution in [1.29, 1.82) is 0 Å². The third-order valence-corrected chi connectivity index (χ3v) is 4.67. The second-order valence-electron chi connectivity index (χ2n) is 6.79. The molecule has 0 saturated carbocycles. The lowest BCUT2D eigenvalue weighted by atomic mass is 10.0. The third kappa shape index (κ3) is 4.45. The summed E-state index contributed by atoms with van der Waals surface area (Å²) in [7, 11) is 0. The maximum Gasteiger partial charge on any atom is 0.303 e. The summed E-state index contributed by atoms with van der Waals surface area (Å²) < 4.78 is 5.34. The van der Waals surface area contributed by atoms with Gasteiger partial charge in [-0.15, -0.1) is 0 Å². The maximum atomic E-state index is 12.7. The van der Waals surface area contributed by atoms with Crippen LogP contribution in [0.1, 0.15) is 46.4 Å². The number of amides is 5. The number of imide groups is 2. The quantitative estimate of drug-likeness (QED) is 0.375. The van der Waals surface area contributed by atoms with Crippen LogP contribution in [0, 0.1) is 0 Å². The van der Waals surface area contributed by atoms with Gasteiger partial charge in [-0.25, -0.2) is 0 Å². The Labute approximate surface area is 170 Å². The Morgan fingerprint density at radius 1 is 1.17 bits per heavy atom. The number of carboxylic acid groups (broad SMARTS) is 1. The molecule has 11 heteroatoms. The zero-order chi connectivity index (χ0) is 21.8. The lowest BCUT2D eigenvalue weighted by molar-refractivity contribution is -0.138. The molecule has 1 unspecified atom stereocenters. The maximum absolute atomic E-state index is 12.7. The standard InChI is InChI=1S/C19H19N3O8/c23-14-6-5-13(17(27)21-14)22-18(28)11-4-3-10(8-12(11)19(22)29)30-9-15(24)20-7-1-2-16(25)26/h3-4,8,13H,1-2,5-7,9H2,(H,20,24)(H,25,26)(H,21,23,27). The SMILES string of the molecule is O=C(O)CCCNC(=O)COc1ccc2c(c1)C(=O)N(C1CCC(=O)NC1=O)C2=O. The molecule has 1 fully saturated rings. The lowest BCUT2D eigenvalue weighted by Gasteiger charge is -2.27. The average molecular weight is 417 g/mol. The topological polar surface area (TPSA) is 159 Å².